The molecule has 0 saturated carbocycles. The molecule has 0 atom stereocenters. The van der Waals surface area contributed by atoms with Gasteiger partial charge in [-0.15, -0.1) is 0 Å². The van der Waals surface area contributed by atoms with Gasteiger partial charge in [-0.05, 0) is 0 Å². The number of carboxylic acid groups (broad SMARTS) is 1. The Bertz CT molecular complexity index is 449. The minimum atomic E-state index is -3.48. The molecule has 0 fully saturated rings. The van der Waals surface area contributed by atoms with E-state index in [1.165, 1.54) is 0 Å². The van der Waals surface area contributed by atoms with E-state index in [1.54, 1.807) is 0 Å². The first kappa shape index (κ1) is 10.4. The third-order valence-electron chi connectivity index (χ3n) is 1.09. The molecule has 0 aliphatic heterocycles. The number of hydrogen-bond acceptors (Lipinski definition) is 5. The standard InChI is InChI=1S/C5H4ClNO4S2/c1-13(10,11)5-7-2(4(8)9)3(6)12-5/h1H3,(H,8,9). The molecule has 1 aromatic heterocycles. The number of carboxylic acids is 1. The lowest BCUT2D eigenvalue weighted by Gasteiger charge is -1.86. The molecular formula is C5H4ClNO4S2. The lowest BCUT2D eigenvalue weighted by molar-refractivity contribution is 0.0691. The normalized spacial score (nSPS) is 11.5. The summed E-state index contributed by atoms with van der Waals surface area (Å²) < 4.78 is 21.4. The summed E-state index contributed by atoms with van der Waals surface area (Å²) in [5.74, 6) is -1.34. The largest absolute Gasteiger partial charge is 0.476 e. The number of aromatic nitrogens is 1. The van der Waals surface area contributed by atoms with Crippen LogP contribution in [-0.2, 0) is 9.84 Å². The smallest absolute Gasteiger partial charge is 0.357 e. The van der Waals surface area contributed by atoms with Gasteiger partial charge in [-0.3, -0.25) is 0 Å². The molecular weight excluding hydrogens is 238 g/mol. The summed E-state index contributed by atoms with van der Waals surface area (Å²) in [5.41, 5.74) is -0.424. The Kier molecular flexibility index (Phi) is 2.60. The van der Waals surface area contributed by atoms with Gasteiger partial charge in [0, 0.05) is 6.26 Å². The van der Waals surface area contributed by atoms with Gasteiger partial charge in [0.05, 0.1) is 0 Å². The molecule has 0 unspecified atom stereocenters. The van der Waals surface area contributed by atoms with Crippen molar-refractivity contribution in [1.29, 1.82) is 0 Å². The molecule has 8 heteroatoms. The van der Waals surface area contributed by atoms with Crippen LogP contribution in [0.25, 0.3) is 0 Å². The van der Waals surface area contributed by atoms with Crippen LogP contribution in [0.2, 0.25) is 4.34 Å². The highest BCUT2D eigenvalue weighted by Crippen LogP contribution is 2.27. The van der Waals surface area contributed by atoms with Crippen molar-refractivity contribution >= 4 is 38.7 Å². The number of carbonyl (C=O) groups is 1. The minimum absolute atomic E-state index is 0.132. The molecule has 1 aromatic rings. The number of sulfone groups is 1. The summed E-state index contributed by atoms with van der Waals surface area (Å²) in [6.07, 6.45) is 0.938. The lowest BCUT2D eigenvalue weighted by Crippen LogP contribution is -2.00. The average Bonchev–Trinajstić information content (AvgIpc) is 2.29. The Morgan fingerprint density at radius 2 is 2.15 bits per heavy atom. The second kappa shape index (κ2) is 3.24. The highest BCUT2D eigenvalue weighted by atomic mass is 35.5. The first-order chi connectivity index (χ1) is 5.82. The van der Waals surface area contributed by atoms with Gasteiger partial charge in [-0.1, -0.05) is 22.9 Å². The van der Waals surface area contributed by atoms with E-state index in [1.807, 2.05) is 0 Å². The van der Waals surface area contributed by atoms with E-state index in [0.29, 0.717) is 11.3 Å². The molecule has 1 heterocycles. The zero-order chi connectivity index (χ0) is 10.2. The predicted molar refractivity (Wildman–Crippen MR) is 47.2 cm³/mol. The third-order valence-corrected chi connectivity index (χ3v) is 4.02. The average molecular weight is 242 g/mol. The van der Waals surface area contributed by atoms with E-state index in [-0.39, 0.29) is 8.68 Å². The number of nitrogens with zero attached hydrogens (tertiary/aromatic N) is 1. The van der Waals surface area contributed by atoms with Gasteiger partial charge >= 0.3 is 5.97 Å². The SMILES string of the molecule is CS(=O)(=O)c1nc(C(=O)O)c(Cl)s1. The Morgan fingerprint density at radius 3 is 2.38 bits per heavy atom. The quantitative estimate of drug-likeness (QED) is 0.832. The molecule has 0 aliphatic rings. The zero-order valence-electron chi connectivity index (χ0n) is 6.31. The van der Waals surface area contributed by atoms with Crippen LogP contribution in [0, 0.1) is 0 Å². The van der Waals surface area contributed by atoms with Crippen molar-refractivity contribution in [3.8, 4) is 0 Å². The second-order valence-electron chi connectivity index (χ2n) is 2.18. The highest BCUT2D eigenvalue weighted by molar-refractivity contribution is 7.92. The molecule has 1 rings (SSSR count). The van der Waals surface area contributed by atoms with Crippen molar-refractivity contribution < 1.29 is 18.3 Å². The fourth-order valence-corrected chi connectivity index (χ4v) is 2.69. The molecule has 0 amide bonds. The maximum absolute atomic E-state index is 10.9. The van der Waals surface area contributed by atoms with Crippen LogP contribution in [0.15, 0.2) is 4.34 Å². The number of thiazole rings is 1. The molecule has 5 nitrogen and oxygen atoms in total. The fraction of sp³-hybridized carbons (Fsp3) is 0.200. The predicted octanol–water partition coefficient (Wildman–Crippen LogP) is 0.898. The molecule has 0 spiro atoms. The summed E-state index contributed by atoms with van der Waals surface area (Å²) in [5, 5.41) is 8.51. The van der Waals surface area contributed by atoms with Crippen molar-refractivity contribution in [2.45, 2.75) is 4.34 Å². The summed E-state index contributed by atoms with van der Waals surface area (Å²) >= 11 is 6.09. The summed E-state index contributed by atoms with van der Waals surface area (Å²) in [7, 11) is -3.48. The molecule has 0 saturated heterocycles. The first-order valence-corrected chi connectivity index (χ1v) is 6.00. The molecule has 0 bridgehead atoms. The van der Waals surface area contributed by atoms with Crippen LogP contribution in [0.3, 0.4) is 0 Å². The molecule has 0 radical (unpaired) electrons. The van der Waals surface area contributed by atoms with Gasteiger partial charge in [-0.25, -0.2) is 18.2 Å². The number of hydrogen-bond donors (Lipinski definition) is 1. The van der Waals surface area contributed by atoms with E-state index in [9.17, 15) is 13.2 Å². The van der Waals surface area contributed by atoms with Crippen molar-refractivity contribution in [3.05, 3.63) is 10.0 Å². The van der Waals surface area contributed by atoms with Crippen LogP contribution in [0.4, 0.5) is 0 Å². The number of rotatable bonds is 2. The van der Waals surface area contributed by atoms with Crippen molar-refractivity contribution in [2.75, 3.05) is 6.26 Å². The Hall–Kier alpha value is -0.660. The van der Waals surface area contributed by atoms with Crippen LogP contribution in [0.1, 0.15) is 10.5 Å². The zero-order valence-corrected chi connectivity index (χ0v) is 8.70. The third kappa shape index (κ3) is 2.17. The summed E-state index contributed by atoms with van der Waals surface area (Å²) in [6.45, 7) is 0. The first-order valence-electron chi connectivity index (χ1n) is 2.92. The second-order valence-corrected chi connectivity index (χ2v) is 5.97. The van der Waals surface area contributed by atoms with Crippen molar-refractivity contribution in [1.82, 2.24) is 4.98 Å². The molecule has 0 aromatic carbocycles. The monoisotopic (exact) mass is 241 g/mol. The Balaban J connectivity index is 3.33. The maximum Gasteiger partial charge on any atom is 0.357 e. The van der Waals surface area contributed by atoms with E-state index in [4.69, 9.17) is 16.7 Å². The minimum Gasteiger partial charge on any atom is -0.476 e. The lowest BCUT2D eigenvalue weighted by atomic mass is 10.5. The highest BCUT2D eigenvalue weighted by Gasteiger charge is 2.20. The fourth-order valence-electron chi connectivity index (χ4n) is 0.574. The molecule has 0 aliphatic carbocycles. The van der Waals surface area contributed by atoms with Gasteiger partial charge in [-0.2, -0.15) is 0 Å². The molecule has 1 N–H and O–H groups in total. The molecule has 72 valence electrons. The van der Waals surface area contributed by atoms with E-state index < -0.39 is 21.5 Å². The van der Waals surface area contributed by atoms with E-state index >= 15 is 0 Å². The summed E-state index contributed by atoms with van der Waals surface area (Å²) in [6, 6.07) is 0. The van der Waals surface area contributed by atoms with Gasteiger partial charge in [0.25, 0.3) is 0 Å². The topological polar surface area (TPSA) is 84.3 Å². The van der Waals surface area contributed by atoms with Crippen molar-refractivity contribution in [2.24, 2.45) is 0 Å². The van der Waals surface area contributed by atoms with Gasteiger partial charge in [0.1, 0.15) is 4.34 Å². The summed E-state index contributed by atoms with van der Waals surface area (Å²) in [4.78, 5) is 13.8. The van der Waals surface area contributed by atoms with E-state index in [2.05, 4.69) is 4.98 Å². The number of aromatic carboxylic acids is 1. The van der Waals surface area contributed by atoms with Crippen LogP contribution in [0.5, 0.6) is 0 Å². The van der Waals surface area contributed by atoms with Crippen LogP contribution in [-0.4, -0.2) is 30.7 Å². The van der Waals surface area contributed by atoms with Gasteiger partial charge < -0.3 is 5.11 Å². The Labute approximate surface area is 82.9 Å². The van der Waals surface area contributed by atoms with Gasteiger partial charge in [0.15, 0.2) is 5.69 Å². The Morgan fingerprint density at radius 1 is 1.62 bits per heavy atom. The number of halogens is 1. The van der Waals surface area contributed by atoms with Crippen LogP contribution >= 0.6 is 22.9 Å². The van der Waals surface area contributed by atoms with Crippen LogP contribution < -0.4 is 0 Å². The van der Waals surface area contributed by atoms with Gasteiger partial charge in [0.2, 0.25) is 14.2 Å². The van der Waals surface area contributed by atoms with E-state index in [0.717, 1.165) is 6.26 Å². The maximum atomic E-state index is 10.9. The van der Waals surface area contributed by atoms with Crippen molar-refractivity contribution in [3.63, 3.8) is 0 Å². The molecule has 13 heavy (non-hydrogen) atoms.